The molecule has 0 aromatic heterocycles. The minimum absolute atomic E-state index is 0.118. The number of nitrogens with one attached hydrogen (secondary N) is 2. The Balaban J connectivity index is 2.29. The number of benzene rings is 1. The van der Waals surface area contributed by atoms with Gasteiger partial charge in [-0.25, -0.2) is 12.8 Å². The monoisotopic (exact) mass is 450 g/mol. The van der Waals surface area contributed by atoms with Gasteiger partial charge >= 0.3 is 5.97 Å². The number of rotatable bonds is 10. The molecule has 0 radical (unpaired) electrons. The number of hydrogen-bond acceptors (Lipinski definition) is 5. The number of carboxylic acids is 1. The first-order valence-electron chi connectivity index (χ1n) is 9.59. The minimum atomic E-state index is -4.29. The van der Waals surface area contributed by atoms with Gasteiger partial charge in [-0.3, -0.25) is 4.79 Å². The largest absolute Gasteiger partial charge is 0.480 e. The molecule has 1 fully saturated rings. The molecule has 1 aromatic rings. The summed E-state index contributed by atoms with van der Waals surface area (Å²) in [4.78, 5) is 11.5. The smallest absolute Gasteiger partial charge is 0.322 e. The van der Waals surface area contributed by atoms with Crippen LogP contribution in [0.15, 0.2) is 23.1 Å². The molecule has 4 N–H and O–H groups in total. The van der Waals surface area contributed by atoms with Gasteiger partial charge in [0.2, 0.25) is 10.0 Å². The number of carboxylic acid groups (broad SMARTS) is 1. The molecule has 0 amide bonds. The average Bonchev–Trinajstić information content (AvgIpc) is 2.62. The van der Waals surface area contributed by atoms with Crippen molar-refractivity contribution in [3.8, 4) is 0 Å². The maximum atomic E-state index is 14.6. The average molecular weight is 451 g/mol. The molecule has 0 heterocycles. The number of sulfonamides is 1. The third-order valence-corrected chi connectivity index (χ3v) is 7.20. The van der Waals surface area contributed by atoms with E-state index in [1.807, 2.05) is 0 Å². The van der Waals surface area contributed by atoms with Crippen LogP contribution in [-0.4, -0.2) is 49.0 Å². The van der Waals surface area contributed by atoms with Crippen LogP contribution in [0.4, 0.5) is 10.1 Å². The molecular formula is C19H28ClFN2O5S. The number of carbonyl (C=O) groups is 1. The zero-order valence-corrected chi connectivity index (χ0v) is 18.2. The Kier molecular flexibility index (Phi) is 7.89. The molecule has 164 valence electrons. The highest BCUT2D eigenvalue weighted by molar-refractivity contribution is 7.89. The molecule has 2 unspecified atom stereocenters. The van der Waals surface area contributed by atoms with Crippen LogP contribution in [0.5, 0.6) is 0 Å². The Morgan fingerprint density at radius 3 is 2.48 bits per heavy atom. The lowest BCUT2D eigenvalue weighted by molar-refractivity contribution is -0.141. The summed E-state index contributed by atoms with van der Waals surface area (Å²) in [6, 6.07) is 2.34. The first-order chi connectivity index (χ1) is 13.5. The summed E-state index contributed by atoms with van der Waals surface area (Å²) < 4.78 is 42.7. The first-order valence-corrected chi connectivity index (χ1v) is 11.5. The second-order valence-corrected chi connectivity index (χ2v) is 9.85. The van der Waals surface area contributed by atoms with E-state index in [-0.39, 0.29) is 16.6 Å². The van der Waals surface area contributed by atoms with Crippen molar-refractivity contribution in [2.75, 3.05) is 5.32 Å². The summed E-state index contributed by atoms with van der Waals surface area (Å²) in [6.07, 6.45) is -0.491. The Hall–Kier alpha value is -1.42. The molecule has 0 spiro atoms. The van der Waals surface area contributed by atoms with Crippen LogP contribution in [0.25, 0.3) is 0 Å². The van der Waals surface area contributed by atoms with Crippen LogP contribution in [0.1, 0.15) is 40.0 Å². The van der Waals surface area contributed by atoms with Crippen LogP contribution >= 0.6 is 11.6 Å². The number of alkyl halides is 1. The molecule has 4 atom stereocenters. The quantitative estimate of drug-likeness (QED) is 0.435. The van der Waals surface area contributed by atoms with Gasteiger partial charge in [0.25, 0.3) is 0 Å². The van der Waals surface area contributed by atoms with E-state index in [4.69, 9.17) is 11.6 Å². The number of hydrogen-bond donors (Lipinski definition) is 4. The van der Waals surface area contributed by atoms with Crippen molar-refractivity contribution < 1.29 is 27.8 Å². The molecule has 10 heteroatoms. The predicted octanol–water partition coefficient (Wildman–Crippen LogP) is 3.03. The van der Waals surface area contributed by atoms with E-state index in [0.717, 1.165) is 0 Å². The van der Waals surface area contributed by atoms with Crippen molar-refractivity contribution in [3.05, 3.63) is 23.2 Å². The first kappa shape index (κ1) is 23.9. The van der Waals surface area contributed by atoms with E-state index in [2.05, 4.69) is 10.0 Å². The lowest BCUT2D eigenvalue weighted by atomic mass is 9.88. The fourth-order valence-electron chi connectivity index (χ4n) is 3.32. The second kappa shape index (κ2) is 9.59. The molecule has 29 heavy (non-hydrogen) atoms. The van der Waals surface area contributed by atoms with Crippen molar-refractivity contribution in [2.45, 2.75) is 69.3 Å². The van der Waals surface area contributed by atoms with Crippen molar-refractivity contribution >= 4 is 33.3 Å². The van der Waals surface area contributed by atoms with Crippen LogP contribution in [0, 0.1) is 11.8 Å². The minimum Gasteiger partial charge on any atom is -0.480 e. The highest BCUT2D eigenvalue weighted by atomic mass is 35.5. The Labute approximate surface area is 175 Å². The number of halogens is 2. The van der Waals surface area contributed by atoms with Gasteiger partial charge in [-0.15, -0.1) is 0 Å². The fourth-order valence-corrected chi connectivity index (χ4v) is 4.92. The summed E-state index contributed by atoms with van der Waals surface area (Å²) in [7, 11) is -4.29. The maximum absolute atomic E-state index is 14.6. The molecule has 1 aliphatic carbocycles. The highest BCUT2D eigenvalue weighted by Gasteiger charge is 2.37. The van der Waals surface area contributed by atoms with Crippen molar-refractivity contribution in [1.82, 2.24) is 4.72 Å². The number of anilines is 1. The van der Waals surface area contributed by atoms with E-state index >= 15 is 0 Å². The number of aliphatic hydroxyl groups is 1. The van der Waals surface area contributed by atoms with Crippen molar-refractivity contribution in [1.29, 1.82) is 0 Å². The standard InChI is InChI=1S/C19H28ClFN2O5S/c1-4-10(2)17(21)11(3)18(19(25)26)23-29(27,28)16-6-5-12(20)7-15(16)22-13-8-14(24)9-13/h5-7,10-11,13-14,17-18,22-24H,4,8-9H2,1-3H3,(H,25,26)/t10?,11-,13?,14?,17?,18-/m0/s1. The molecule has 7 nitrogen and oxygen atoms in total. The van der Waals surface area contributed by atoms with E-state index in [9.17, 15) is 27.8 Å². The zero-order valence-electron chi connectivity index (χ0n) is 16.6. The SMILES string of the molecule is CCC(C)C(F)[C@H](C)[C@H](NS(=O)(=O)c1ccc(Cl)cc1NC1CC(O)C1)C(=O)O. The van der Waals surface area contributed by atoms with Crippen LogP contribution in [-0.2, 0) is 14.8 Å². The van der Waals surface area contributed by atoms with Gasteiger partial charge in [-0.2, -0.15) is 4.72 Å². The van der Waals surface area contributed by atoms with Gasteiger partial charge in [-0.05, 0) is 37.0 Å². The predicted molar refractivity (Wildman–Crippen MR) is 109 cm³/mol. The molecule has 1 saturated carbocycles. The van der Waals surface area contributed by atoms with Crippen LogP contribution in [0.3, 0.4) is 0 Å². The van der Waals surface area contributed by atoms with Crippen molar-refractivity contribution in [3.63, 3.8) is 0 Å². The molecule has 0 aliphatic heterocycles. The third kappa shape index (κ3) is 5.81. The molecule has 0 bridgehead atoms. The third-order valence-electron chi connectivity index (χ3n) is 5.47. The van der Waals surface area contributed by atoms with E-state index in [0.29, 0.717) is 24.3 Å². The lowest BCUT2D eigenvalue weighted by Gasteiger charge is -2.33. The van der Waals surface area contributed by atoms with E-state index < -0.39 is 46.1 Å². The van der Waals surface area contributed by atoms with Gasteiger partial charge in [0.15, 0.2) is 0 Å². The molecule has 2 rings (SSSR count). The molecule has 1 aliphatic rings. The normalized spacial score (nSPS) is 23.5. The zero-order chi connectivity index (χ0) is 21.9. The summed E-state index contributed by atoms with van der Waals surface area (Å²) in [5.74, 6) is -2.92. The van der Waals surface area contributed by atoms with Crippen molar-refractivity contribution in [2.24, 2.45) is 11.8 Å². The number of aliphatic hydroxyl groups excluding tert-OH is 1. The van der Waals surface area contributed by atoms with Gasteiger partial charge in [0, 0.05) is 17.0 Å². The Bertz CT molecular complexity index is 832. The summed E-state index contributed by atoms with van der Waals surface area (Å²) >= 11 is 5.99. The van der Waals surface area contributed by atoms with Gasteiger partial charge in [0.05, 0.1) is 11.8 Å². The number of aliphatic carboxylic acids is 1. The lowest BCUT2D eigenvalue weighted by Crippen LogP contribution is -2.49. The van der Waals surface area contributed by atoms with Gasteiger partial charge in [0.1, 0.15) is 17.1 Å². The molecule has 1 aromatic carbocycles. The highest BCUT2D eigenvalue weighted by Crippen LogP contribution is 2.31. The van der Waals surface area contributed by atoms with Gasteiger partial charge in [-0.1, -0.05) is 38.8 Å². The van der Waals surface area contributed by atoms with Crippen LogP contribution in [0.2, 0.25) is 5.02 Å². The molecule has 0 saturated heterocycles. The van der Waals surface area contributed by atoms with E-state index in [1.54, 1.807) is 13.8 Å². The van der Waals surface area contributed by atoms with Gasteiger partial charge < -0.3 is 15.5 Å². The van der Waals surface area contributed by atoms with Crippen LogP contribution < -0.4 is 10.0 Å². The summed E-state index contributed by atoms with van der Waals surface area (Å²) in [5, 5.41) is 22.3. The fraction of sp³-hybridized carbons (Fsp3) is 0.632. The maximum Gasteiger partial charge on any atom is 0.322 e. The summed E-state index contributed by atoms with van der Waals surface area (Å²) in [6.45, 7) is 4.82. The Morgan fingerprint density at radius 1 is 1.34 bits per heavy atom. The second-order valence-electron chi connectivity index (χ2n) is 7.73. The Morgan fingerprint density at radius 2 is 1.97 bits per heavy atom. The topological polar surface area (TPSA) is 116 Å². The van der Waals surface area contributed by atoms with E-state index in [1.165, 1.54) is 25.1 Å². The molecular weight excluding hydrogens is 423 g/mol. The summed E-state index contributed by atoms with van der Waals surface area (Å²) in [5.41, 5.74) is 0.206.